The monoisotopic (exact) mass is 454 g/mol. The summed E-state index contributed by atoms with van der Waals surface area (Å²) in [5.74, 6) is 0.167. The van der Waals surface area contributed by atoms with Gasteiger partial charge in [0.2, 0.25) is 0 Å². The molecule has 34 heavy (non-hydrogen) atoms. The highest BCUT2D eigenvalue weighted by Crippen LogP contribution is 2.25. The second-order valence-corrected chi connectivity index (χ2v) is 7.77. The van der Waals surface area contributed by atoms with Crippen molar-refractivity contribution in [1.29, 1.82) is 5.26 Å². The Bertz CT molecular complexity index is 1450. The number of amides is 2. The number of nitrogens with zero attached hydrogens (tertiary/aromatic N) is 5. The fraction of sp³-hybridized carbons (Fsp3) is 0.160. The van der Waals surface area contributed by atoms with Crippen molar-refractivity contribution in [2.75, 3.05) is 24.4 Å². The minimum Gasteiger partial charge on any atom is -0.453 e. The zero-order valence-corrected chi connectivity index (χ0v) is 19.2. The van der Waals surface area contributed by atoms with Crippen LogP contribution in [0.4, 0.5) is 16.3 Å². The van der Waals surface area contributed by atoms with Gasteiger partial charge in [0.15, 0.2) is 0 Å². The Morgan fingerprint density at radius 2 is 1.88 bits per heavy atom. The number of nitrogens with one attached hydrogen (secondary N) is 1. The third-order valence-electron chi connectivity index (χ3n) is 5.53. The Hall–Kier alpha value is -4.71. The van der Waals surface area contributed by atoms with E-state index in [1.807, 2.05) is 30.4 Å². The van der Waals surface area contributed by atoms with Crippen LogP contribution in [0, 0.1) is 25.2 Å². The van der Waals surface area contributed by atoms with E-state index in [2.05, 4.69) is 26.1 Å². The van der Waals surface area contributed by atoms with Gasteiger partial charge in [0.25, 0.3) is 5.91 Å². The number of hydrogen-bond donors (Lipinski definition) is 1. The highest BCUT2D eigenvalue weighted by molar-refractivity contribution is 6.06. The maximum atomic E-state index is 13.3. The molecule has 1 N–H and O–H groups in total. The molecular formula is C25H22N6O3. The molecule has 3 heterocycles. The number of aromatic nitrogens is 3. The normalized spacial score (nSPS) is 10.6. The minimum atomic E-state index is -0.601. The molecule has 9 nitrogen and oxygen atoms in total. The molecule has 4 rings (SSSR count). The minimum absolute atomic E-state index is 0.190. The maximum Gasteiger partial charge on any atom is 0.412 e. The van der Waals surface area contributed by atoms with Crippen molar-refractivity contribution >= 4 is 29.2 Å². The summed E-state index contributed by atoms with van der Waals surface area (Å²) in [5, 5.41) is 11.7. The molecule has 0 saturated heterocycles. The number of imidazole rings is 1. The van der Waals surface area contributed by atoms with E-state index in [9.17, 15) is 9.59 Å². The highest BCUT2D eigenvalue weighted by Gasteiger charge is 2.18. The summed E-state index contributed by atoms with van der Waals surface area (Å²) in [4.78, 5) is 35.0. The third-order valence-corrected chi connectivity index (χ3v) is 5.53. The number of anilines is 2. The molecule has 0 bridgehead atoms. The summed E-state index contributed by atoms with van der Waals surface area (Å²) in [5.41, 5.74) is 5.66. The van der Waals surface area contributed by atoms with Gasteiger partial charge in [-0.25, -0.2) is 14.8 Å². The quantitative estimate of drug-likeness (QED) is 0.491. The van der Waals surface area contributed by atoms with Crippen molar-refractivity contribution in [2.45, 2.75) is 13.8 Å². The number of nitriles is 1. The molecule has 0 fully saturated rings. The first-order valence-electron chi connectivity index (χ1n) is 10.4. The van der Waals surface area contributed by atoms with Gasteiger partial charge in [-0.15, -0.1) is 0 Å². The largest absolute Gasteiger partial charge is 0.453 e. The van der Waals surface area contributed by atoms with Crippen LogP contribution in [0.2, 0.25) is 0 Å². The summed E-state index contributed by atoms with van der Waals surface area (Å²) in [6, 6.07) is 12.7. The predicted molar refractivity (Wildman–Crippen MR) is 128 cm³/mol. The first kappa shape index (κ1) is 22.5. The number of ether oxygens (including phenoxy) is 1. The molecule has 9 heteroatoms. The lowest BCUT2D eigenvalue weighted by Crippen LogP contribution is -2.26. The van der Waals surface area contributed by atoms with Gasteiger partial charge in [-0.2, -0.15) is 5.26 Å². The summed E-state index contributed by atoms with van der Waals surface area (Å²) in [7, 11) is 2.98. The summed E-state index contributed by atoms with van der Waals surface area (Å²) < 4.78 is 6.43. The summed E-state index contributed by atoms with van der Waals surface area (Å²) in [6.07, 6.45) is 4.48. The van der Waals surface area contributed by atoms with E-state index in [4.69, 9.17) is 5.26 Å². The maximum absolute atomic E-state index is 13.3. The summed E-state index contributed by atoms with van der Waals surface area (Å²) in [6.45, 7) is 3.74. The Balaban J connectivity index is 1.69. The van der Waals surface area contributed by atoms with Crippen molar-refractivity contribution in [3.63, 3.8) is 0 Å². The number of benzene rings is 1. The van der Waals surface area contributed by atoms with Crippen LogP contribution in [-0.4, -0.2) is 40.5 Å². The topological polar surface area (TPSA) is 113 Å². The van der Waals surface area contributed by atoms with Crippen LogP contribution in [-0.2, 0) is 4.74 Å². The van der Waals surface area contributed by atoms with Crippen molar-refractivity contribution in [2.24, 2.45) is 0 Å². The Morgan fingerprint density at radius 3 is 2.53 bits per heavy atom. The third kappa shape index (κ3) is 4.17. The smallest absolute Gasteiger partial charge is 0.412 e. The first-order chi connectivity index (χ1) is 16.3. The van der Waals surface area contributed by atoms with Gasteiger partial charge in [-0.05, 0) is 61.4 Å². The molecule has 1 aromatic carbocycles. The van der Waals surface area contributed by atoms with Gasteiger partial charge >= 0.3 is 6.09 Å². The van der Waals surface area contributed by atoms with E-state index in [0.717, 1.165) is 28.0 Å². The lowest BCUT2D eigenvalue weighted by molar-refractivity contribution is 0.0992. The van der Waals surface area contributed by atoms with Crippen LogP contribution in [0.5, 0.6) is 0 Å². The van der Waals surface area contributed by atoms with E-state index in [0.29, 0.717) is 22.6 Å². The SMILES string of the molecule is COC(=O)Nc1ccc(-c2cnc3c(C)cc(C(=O)N(C)c4ccc(C#N)c(C)c4)cn23)cn1. The second-order valence-electron chi connectivity index (χ2n) is 7.77. The number of fused-ring (bicyclic) bond motifs is 1. The molecule has 3 aromatic heterocycles. The van der Waals surface area contributed by atoms with Crippen LogP contribution in [0.3, 0.4) is 0 Å². The van der Waals surface area contributed by atoms with Crippen LogP contribution in [0.1, 0.15) is 27.0 Å². The van der Waals surface area contributed by atoms with Crippen LogP contribution in [0.25, 0.3) is 16.9 Å². The number of pyridine rings is 2. The Morgan fingerprint density at radius 1 is 1.09 bits per heavy atom. The molecule has 0 atom stereocenters. The van der Waals surface area contributed by atoms with Gasteiger partial charge in [-0.3, -0.25) is 14.5 Å². The number of hydrogen-bond acceptors (Lipinski definition) is 6. The number of carbonyl (C=O) groups is 2. The van der Waals surface area contributed by atoms with Gasteiger partial charge in [0.1, 0.15) is 11.5 Å². The number of rotatable bonds is 4. The predicted octanol–water partition coefficient (Wildman–Crippen LogP) is 4.34. The average molecular weight is 454 g/mol. The van der Waals surface area contributed by atoms with Gasteiger partial charge in [0.05, 0.1) is 36.2 Å². The molecule has 0 aliphatic rings. The van der Waals surface area contributed by atoms with Gasteiger partial charge in [-0.1, -0.05) is 0 Å². The Labute approximate surface area is 196 Å². The molecule has 0 spiro atoms. The lowest BCUT2D eigenvalue weighted by Gasteiger charge is -2.19. The number of methoxy groups -OCH3 is 1. The first-order valence-corrected chi connectivity index (χ1v) is 10.4. The molecule has 0 radical (unpaired) electrons. The fourth-order valence-electron chi connectivity index (χ4n) is 3.66. The van der Waals surface area contributed by atoms with E-state index < -0.39 is 6.09 Å². The van der Waals surface area contributed by atoms with Gasteiger partial charge < -0.3 is 9.64 Å². The molecular weight excluding hydrogens is 432 g/mol. The van der Waals surface area contributed by atoms with Crippen molar-refractivity contribution in [3.8, 4) is 17.3 Å². The van der Waals surface area contributed by atoms with Crippen molar-refractivity contribution in [3.05, 3.63) is 77.2 Å². The zero-order valence-electron chi connectivity index (χ0n) is 19.2. The van der Waals surface area contributed by atoms with Crippen molar-refractivity contribution < 1.29 is 14.3 Å². The second kappa shape index (κ2) is 9.03. The van der Waals surface area contributed by atoms with Crippen molar-refractivity contribution in [1.82, 2.24) is 14.4 Å². The summed E-state index contributed by atoms with van der Waals surface area (Å²) >= 11 is 0. The van der Waals surface area contributed by atoms with E-state index >= 15 is 0 Å². The number of carbonyl (C=O) groups excluding carboxylic acids is 2. The van der Waals surface area contributed by atoms with Crippen LogP contribution < -0.4 is 10.2 Å². The zero-order chi connectivity index (χ0) is 24.4. The van der Waals surface area contributed by atoms with Crippen LogP contribution in [0.15, 0.2) is 55.0 Å². The molecule has 0 aliphatic heterocycles. The Kier molecular flexibility index (Phi) is 5.97. The fourth-order valence-corrected chi connectivity index (χ4v) is 3.66. The van der Waals surface area contributed by atoms with E-state index in [1.54, 1.807) is 54.8 Å². The van der Waals surface area contributed by atoms with E-state index in [-0.39, 0.29) is 5.91 Å². The highest BCUT2D eigenvalue weighted by atomic mass is 16.5. The molecule has 4 aromatic rings. The molecule has 0 unspecified atom stereocenters. The number of aryl methyl sites for hydroxylation is 2. The average Bonchev–Trinajstić information content (AvgIpc) is 3.28. The molecule has 2 amide bonds. The van der Waals surface area contributed by atoms with Gasteiger partial charge in [0, 0.05) is 30.7 Å². The molecule has 170 valence electrons. The lowest BCUT2D eigenvalue weighted by atomic mass is 10.1. The van der Waals surface area contributed by atoms with Crippen LogP contribution >= 0.6 is 0 Å². The standard InChI is InChI=1S/C25H22N6O3/c1-15-10-20(7-5-17(15)11-26)30(3)24(32)19-9-16(2)23-28-13-21(31(23)14-19)18-6-8-22(27-12-18)29-25(33)34-4/h5-10,12-14H,1-4H3,(H,27,29,33). The molecule has 0 saturated carbocycles. The molecule has 0 aliphatic carbocycles. The van der Waals surface area contributed by atoms with E-state index in [1.165, 1.54) is 7.11 Å².